The third-order valence-electron chi connectivity index (χ3n) is 4.04. The van der Waals surface area contributed by atoms with Crippen LogP contribution in [0.15, 0.2) is 18.2 Å². The fraction of sp³-hybridized carbons (Fsp3) is 0.400. The van der Waals surface area contributed by atoms with Crippen molar-refractivity contribution in [1.82, 2.24) is 4.90 Å². The van der Waals surface area contributed by atoms with E-state index in [0.29, 0.717) is 15.6 Å². The fourth-order valence-electron chi connectivity index (χ4n) is 2.89. The lowest BCUT2D eigenvalue weighted by Crippen LogP contribution is -2.42. The molecule has 0 radical (unpaired) electrons. The van der Waals surface area contributed by atoms with E-state index in [4.69, 9.17) is 17.3 Å². The number of hydrogen-bond acceptors (Lipinski definition) is 3. The van der Waals surface area contributed by atoms with E-state index in [0.717, 1.165) is 29.5 Å². The molecule has 0 atom stereocenters. The molecule has 0 bridgehead atoms. The summed E-state index contributed by atoms with van der Waals surface area (Å²) in [5, 5.41) is 1.41. The minimum absolute atomic E-state index is 0.0299. The van der Waals surface area contributed by atoms with E-state index in [1.807, 2.05) is 17.0 Å². The molecule has 1 aromatic heterocycles. The number of carbonyl (C=O) groups excluding carboxylic acids is 1. The van der Waals surface area contributed by atoms with Gasteiger partial charge in [0.05, 0.1) is 10.7 Å². The Labute approximate surface area is 127 Å². The number of nitrogens with two attached hydrogens (primary N) is 1. The second-order valence-electron chi connectivity index (χ2n) is 5.83. The highest BCUT2D eigenvalue weighted by Crippen LogP contribution is 2.40. The molecule has 20 heavy (non-hydrogen) atoms. The molecule has 1 aliphatic rings. The molecular formula is C15H17ClN2OS. The fourth-order valence-corrected chi connectivity index (χ4v) is 4.32. The van der Waals surface area contributed by atoms with Crippen molar-refractivity contribution >= 4 is 44.6 Å². The first-order valence-electron chi connectivity index (χ1n) is 6.70. The van der Waals surface area contributed by atoms with Crippen LogP contribution in [0.4, 0.5) is 5.69 Å². The number of fused-ring (bicyclic) bond motifs is 1. The van der Waals surface area contributed by atoms with E-state index < -0.39 is 0 Å². The van der Waals surface area contributed by atoms with Gasteiger partial charge in [-0.05, 0) is 38.8 Å². The van der Waals surface area contributed by atoms with Crippen molar-refractivity contribution in [2.75, 3.05) is 12.3 Å². The van der Waals surface area contributed by atoms with Gasteiger partial charge in [-0.1, -0.05) is 17.7 Å². The second-order valence-corrected chi connectivity index (χ2v) is 7.29. The molecule has 0 unspecified atom stereocenters. The Balaban J connectivity index is 2.09. The summed E-state index contributed by atoms with van der Waals surface area (Å²) in [7, 11) is 0. The number of nitrogens with zero attached hydrogens (tertiary/aromatic N) is 1. The number of likely N-dealkylation sites (tertiary alicyclic amines) is 1. The maximum Gasteiger partial charge on any atom is 0.266 e. The molecule has 1 saturated heterocycles. The van der Waals surface area contributed by atoms with Crippen LogP contribution in [0.1, 0.15) is 36.4 Å². The SMILES string of the molecule is CC1(C)CCCN1C(=O)c1sc2cccc(Cl)c2c1N. The summed E-state index contributed by atoms with van der Waals surface area (Å²) in [5.41, 5.74) is 6.60. The molecule has 106 valence electrons. The van der Waals surface area contributed by atoms with E-state index in [1.54, 1.807) is 6.07 Å². The first-order valence-corrected chi connectivity index (χ1v) is 7.90. The Morgan fingerprint density at radius 2 is 2.20 bits per heavy atom. The van der Waals surface area contributed by atoms with Crippen LogP contribution in [-0.4, -0.2) is 22.9 Å². The van der Waals surface area contributed by atoms with Crippen LogP contribution in [0, 0.1) is 0 Å². The van der Waals surface area contributed by atoms with Crippen LogP contribution in [0.2, 0.25) is 5.02 Å². The summed E-state index contributed by atoms with van der Waals surface area (Å²) < 4.78 is 0.968. The summed E-state index contributed by atoms with van der Waals surface area (Å²) >= 11 is 7.63. The molecule has 1 aromatic carbocycles. The van der Waals surface area contributed by atoms with E-state index in [2.05, 4.69) is 13.8 Å². The molecule has 2 N–H and O–H groups in total. The summed E-state index contributed by atoms with van der Waals surface area (Å²) in [4.78, 5) is 15.3. The van der Waals surface area contributed by atoms with Gasteiger partial charge in [-0.3, -0.25) is 4.79 Å². The lowest BCUT2D eigenvalue weighted by atomic mass is 10.0. The van der Waals surface area contributed by atoms with E-state index in [1.165, 1.54) is 11.3 Å². The van der Waals surface area contributed by atoms with Crippen molar-refractivity contribution in [2.45, 2.75) is 32.2 Å². The molecule has 0 spiro atoms. The second kappa shape index (κ2) is 4.64. The number of carbonyl (C=O) groups is 1. The number of halogens is 1. The number of amides is 1. The Hall–Kier alpha value is -1.26. The monoisotopic (exact) mass is 308 g/mol. The van der Waals surface area contributed by atoms with Gasteiger partial charge in [0.2, 0.25) is 0 Å². The third-order valence-corrected chi connectivity index (χ3v) is 5.52. The van der Waals surface area contributed by atoms with Crippen molar-refractivity contribution in [2.24, 2.45) is 0 Å². The number of rotatable bonds is 1. The van der Waals surface area contributed by atoms with Crippen LogP contribution in [0.25, 0.3) is 10.1 Å². The Kier molecular flexibility index (Phi) is 3.18. The van der Waals surface area contributed by atoms with Gasteiger partial charge >= 0.3 is 0 Å². The number of thiophene rings is 1. The highest BCUT2D eigenvalue weighted by molar-refractivity contribution is 7.21. The average Bonchev–Trinajstić information content (AvgIpc) is 2.90. The lowest BCUT2D eigenvalue weighted by Gasteiger charge is -2.31. The Bertz CT molecular complexity index is 692. The molecule has 5 heteroatoms. The molecule has 1 fully saturated rings. The van der Waals surface area contributed by atoms with Crippen LogP contribution in [0.5, 0.6) is 0 Å². The van der Waals surface area contributed by atoms with Gasteiger partial charge in [-0.2, -0.15) is 0 Å². The first-order chi connectivity index (χ1) is 9.42. The summed E-state index contributed by atoms with van der Waals surface area (Å²) in [6.07, 6.45) is 2.08. The number of hydrogen-bond donors (Lipinski definition) is 1. The maximum absolute atomic E-state index is 12.8. The molecular weight excluding hydrogens is 292 g/mol. The highest BCUT2D eigenvalue weighted by Gasteiger charge is 2.37. The highest BCUT2D eigenvalue weighted by atomic mass is 35.5. The molecule has 0 saturated carbocycles. The molecule has 3 nitrogen and oxygen atoms in total. The van der Waals surface area contributed by atoms with E-state index in [-0.39, 0.29) is 11.4 Å². The van der Waals surface area contributed by atoms with Crippen LogP contribution >= 0.6 is 22.9 Å². The van der Waals surface area contributed by atoms with Crippen molar-refractivity contribution in [1.29, 1.82) is 0 Å². The maximum atomic E-state index is 12.8. The minimum atomic E-state index is -0.0938. The van der Waals surface area contributed by atoms with Crippen LogP contribution in [-0.2, 0) is 0 Å². The molecule has 0 aliphatic carbocycles. The number of nitrogen functional groups attached to an aromatic ring is 1. The van der Waals surface area contributed by atoms with Crippen LogP contribution in [0.3, 0.4) is 0 Å². The number of benzene rings is 1. The topological polar surface area (TPSA) is 46.3 Å². The first kappa shape index (κ1) is 13.7. The summed E-state index contributed by atoms with van der Waals surface area (Å²) in [6.45, 7) is 5.01. The zero-order valence-electron chi connectivity index (χ0n) is 11.6. The largest absolute Gasteiger partial charge is 0.397 e. The molecule has 1 amide bonds. The Morgan fingerprint density at radius 3 is 2.80 bits per heavy atom. The normalized spacial score (nSPS) is 17.9. The van der Waals surface area contributed by atoms with E-state index >= 15 is 0 Å². The van der Waals surface area contributed by atoms with Gasteiger partial charge in [0, 0.05) is 22.2 Å². The van der Waals surface area contributed by atoms with Crippen molar-refractivity contribution in [3.63, 3.8) is 0 Å². The predicted molar refractivity (Wildman–Crippen MR) is 85.6 cm³/mol. The van der Waals surface area contributed by atoms with Crippen molar-refractivity contribution in [3.8, 4) is 0 Å². The van der Waals surface area contributed by atoms with Gasteiger partial charge in [0.25, 0.3) is 5.91 Å². The molecule has 2 heterocycles. The van der Waals surface area contributed by atoms with Crippen molar-refractivity contribution < 1.29 is 4.79 Å². The predicted octanol–water partition coefficient (Wildman–Crippen LogP) is 4.15. The molecule has 2 aromatic rings. The van der Waals surface area contributed by atoms with Crippen LogP contribution < -0.4 is 5.73 Å². The third kappa shape index (κ3) is 1.98. The standard InChI is InChI=1S/C15H17ClN2OS/c1-15(2)7-4-8-18(15)14(19)13-12(17)11-9(16)5-3-6-10(11)20-13/h3,5-6H,4,7-8,17H2,1-2H3. The zero-order valence-corrected chi connectivity index (χ0v) is 13.1. The lowest BCUT2D eigenvalue weighted by molar-refractivity contribution is 0.0658. The van der Waals surface area contributed by atoms with Gasteiger partial charge < -0.3 is 10.6 Å². The quantitative estimate of drug-likeness (QED) is 0.860. The van der Waals surface area contributed by atoms with Gasteiger partial charge in [-0.15, -0.1) is 11.3 Å². The average molecular weight is 309 g/mol. The van der Waals surface area contributed by atoms with Gasteiger partial charge in [-0.25, -0.2) is 0 Å². The zero-order chi connectivity index (χ0) is 14.5. The molecule has 1 aliphatic heterocycles. The molecule has 3 rings (SSSR count). The van der Waals surface area contributed by atoms with Gasteiger partial charge in [0.15, 0.2) is 0 Å². The minimum Gasteiger partial charge on any atom is -0.397 e. The Morgan fingerprint density at radius 1 is 1.45 bits per heavy atom. The van der Waals surface area contributed by atoms with E-state index in [9.17, 15) is 4.79 Å². The van der Waals surface area contributed by atoms with Gasteiger partial charge in [0.1, 0.15) is 4.88 Å². The van der Waals surface area contributed by atoms with Crippen molar-refractivity contribution in [3.05, 3.63) is 28.1 Å². The summed E-state index contributed by atoms with van der Waals surface area (Å²) in [6, 6.07) is 5.64. The number of anilines is 1. The smallest absolute Gasteiger partial charge is 0.266 e. The summed E-state index contributed by atoms with van der Waals surface area (Å²) in [5.74, 6) is 0.0299.